The molecule has 1 atom stereocenters. The lowest BCUT2D eigenvalue weighted by Crippen LogP contribution is -2.50. The monoisotopic (exact) mass is 158 g/mol. The van der Waals surface area contributed by atoms with Crippen molar-refractivity contribution in [3.8, 4) is 0 Å². The van der Waals surface area contributed by atoms with Gasteiger partial charge in [-0.05, 0) is 26.7 Å². The third kappa shape index (κ3) is 3.73. The van der Waals surface area contributed by atoms with Gasteiger partial charge in [-0.1, -0.05) is 13.8 Å². The molecule has 0 fully saturated rings. The Morgan fingerprint density at radius 3 is 2.00 bits per heavy atom. The first kappa shape index (κ1) is 10.9. The summed E-state index contributed by atoms with van der Waals surface area (Å²) < 4.78 is 0. The Morgan fingerprint density at radius 2 is 1.73 bits per heavy atom. The molecule has 1 unspecified atom stereocenters. The minimum absolute atomic E-state index is 0.193. The molecule has 11 heavy (non-hydrogen) atoms. The molecule has 2 heteroatoms. The van der Waals surface area contributed by atoms with Gasteiger partial charge in [-0.15, -0.1) is 0 Å². The lowest BCUT2D eigenvalue weighted by atomic mass is 9.90. The summed E-state index contributed by atoms with van der Waals surface area (Å²) in [5.41, 5.74) is 5.71. The summed E-state index contributed by atoms with van der Waals surface area (Å²) >= 11 is 0. The second-order valence-electron chi connectivity index (χ2n) is 4.16. The molecule has 0 aromatic rings. The molecule has 0 saturated carbocycles. The number of hydrogen-bond acceptors (Lipinski definition) is 2. The van der Waals surface area contributed by atoms with Crippen LogP contribution in [0.4, 0.5) is 0 Å². The molecule has 0 heterocycles. The molecule has 0 aliphatic carbocycles. The fraction of sp³-hybridized carbons (Fsp3) is 1.00. The number of rotatable bonds is 4. The minimum atomic E-state index is 0.193. The van der Waals surface area contributed by atoms with Crippen LogP contribution in [-0.4, -0.2) is 18.1 Å². The van der Waals surface area contributed by atoms with E-state index in [0.29, 0.717) is 18.5 Å². The first-order chi connectivity index (χ1) is 4.90. The third-order valence-electron chi connectivity index (χ3n) is 2.42. The van der Waals surface area contributed by atoms with Gasteiger partial charge in [-0.25, -0.2) is 0 Å². The highest BCUT2D eigenvalue weighted by Gasteiger charge is 2.22. The quantitative estimate of drug-likeness (QED) is 0.648. The smallest absolute Gasteiger partial charge is 0.0167 e. The lowest BCUT2D eigenvalue weighted by Gasteiger charge is -2.33. The zero-order valence-corrected chi connectivity index (χ0v) is 8.44. The van der Waals surface area contributed by atoms with E-state index in [9.17, 15) is 0 Å². The molecular weight excluding hydrogens is 136 g/mol. The van der Waals surface area contributed by atoms with Gasteiger partial charge in [0.1, 0.15) is 0 Å². The third-order valence-corrected chi connectivity index (χ3v) is 2.42. The topological polar surface area (TPSA) is 38.0 Å². The summed E-state index contributed by atoms with van der Waals surface area (Å²) in [6, 6.07) is 0.410. The van der Waals surface area contributed by atoms with Crippen molar-refractivity contribution < 1.29 is 0 Å². The molecule has 2 nitrogen and oxygen atoms in total. The molecule has 68 valence electrons. The van der Waals surface area contributed by atoms with Crippen molar-refractivity contribution in [2.24, 2.45) is 11.7 Å². The van der Waals surface area contributed by atoms with Crippen molar-refractivity contribution in [1.82, 2.24) is 5.32 Å². The molecule has 0 radical (unpaired) electrons. The first-order valence-corrected chi connectivity index (χ1v) is 4.38. The van der Waals surface area contributed by atoms with Gasteiger partial charge in [0.05, 0.1) is 0 Å². The second kappa shape index (κ2) is 4.07. The molecule has 0 aromatic carbocycles. The van der Waals surface area contributed by atoms with E-state index in [2.05, 4.69) is 39.9 Å². The molecule has 0 rings (SSSR count). The van der Waals surface area contributed by atoms with Crippen molar-refractivity contribution in [2.75, 3.05) is 6.54 Å². The van der Waals surface area contributed by atoms with Crippen molar-refractivity contribution in [3.63, 3.8) is 0 Å². The van der Waals surface area contributed by atoms with Crippen LogP contribution in [0.25, 0.3) is 0 Å². The molecule has 0 amide bonds. The van der Waals surface area contributed by atoms with E-state index < -0.39 is 0 Å². The predicted molar refractivity (Wildman–Crippen MR) is 50.6 cm³/mol. The molecule has 0 bridgehead atoms. The van der Waals surface area contributed by atoms with Crippen LogP contribution < -0.4 is 11.1 Å². The Bertz CT molecular complexity index is 108. The highest BCUT2D eigenvalue weighted by atomic mass is 15.0. The van der Waals surface area contributed by atoms with Crippen LogP contribution in [0, 0.1) is 5.92 Å². The van der Waals surface area contributed by atoms with Crippen LogP contribution in [0.2, 0.25) is 0 Å². The van der Waals surface area contributed by atoms with E-state index in [0.717, 1.165) is 0 Å². The van der Waals surface area contributed by atoms with Gasteiger partial charge >= 0.3 is 0 Å². The average Bonchev–Trinajstić information content (AvgIpc) is 1.86. The SMILES string of the molecule is CC(CN)NC(C)(C)C(C)C. The molecule has 0 aliphatic rings. The van der Waals surface area contributed by atoms with Crippen LogP contribution in [0.3, 0.4) is 0 Å². The van der Waals surface area contributed by atoms with Crippen LogP contribution >= 0.6 is 0 Å². The number of nitrogens with two attached hydrogens (primary N) is 1. The van der Waals surface area contributed by atoms with Crippen LogP contribution in [0.1, 0.15) is 34.6 Å². The minimum Gasteiger partial charge on any atom is -0.329 e. The van der Waals surface area contributed by atoms with Gasteiger partial charge in [0.25, 0.3) is 0 Å². The maximum Gasteiger partial charge on any atom is 0.0167 e. The van der Waals surface area contributed by atoms with E-state index in [1.54, 1.807) is 0 Å². The van der Waals surface area contributed by atoms with Gasteiger partial charge in [-0.2, -0.15) is 0 Å². The Labute approximate surface area is 70.5 Å². The van der Waals surface area contributed by atoms with Crippen molar-refractivity contribution in [3.05, 3.63) is 0 Å². The summed E-state index contributed by atoms with van der Waals surface area (Å²) in [6.45, 7) is 11.7. The second-order valence-corrected chi connectivity index (χ2v) is 4.16. The van der Waals surface area contributed by atoms with Crippen molar-refractivity contribution in [2.45, 2.75) is 46.2 Å². The van der Waals surface area contributed by atoms with E-state index in [1.807, 2.05) is 0 Å². The standard InChI is InChI=1S/C9H22N2/c1-7(2)9(4,5)11-8(3)6-10/h7-8,11H,6,10H2,1-5H3. The Morgan fingerprint density at radius 1 is 1.27 bits per heavy atom. The predicted octanol–water partition coefficient (Wildman–Crippen LogP) is 1.36. The fourth-order valence-corrected chi connectivity index (χ4v) is 0.861. The van der Waals surface area contributed by atoms with Crippen LogP contribution in [0.15, 0.2) is 0 Å². The van der Waals surface area contributed by atoms with Crippen LogP contribution in [0.5, 0.6) is 0 Å². The normalized spacial score (nSPS) is 15.5. The van der Waals surface area contributed by atoms with Gasteiger partial charge in [0.15, 0.2) is 0 Å². The summed E-state index contributed by atoms with van der Waals surface area (Å²) in [5, 5.41) is 3.48. The average molecular weight is 158 g/mol. The molecule has 0 spiro atoms. The number of nitrogens with one attached hydrogen (secondary N) is 1. The van der Waals surface area contributed by atoms with E-state index in [1.165, 1.54) is 0 Å². The van der Waals surface area contributed by atoms with Gasteiger partial charge in [-0.3, -0.25) is 0 Å². The zero-order valence-electron chi connectivity index (χ0n) is 8.44. The Kier molecular flexibility index (Phi) is 4.04. The Balaban J connectivity index is 3.90. The zero-order chi connectivity index (χ0) is 9.07. The van der Waals surface area contributed by atoms with Gasteiger partial charge in [0, 0.05) is 18.1 Å². The highest BCUT2D eigenvalue weighted by molar-refractivity contribution is 4.83. The van der Waals surface area contributed by atoms with Gasteiger partial charge < -0.3 is 11.1 Å². The van der Waals surface area contributed by atoms with Crippen LogP contribution in [-0.2, 0) is 0 Å². The Hall–Kier alpha value is -0.0800. The van der Waals surface area contributed by atoms with Crippen molar-refractivity contribution >= 4 is 0 Å². The molecule has 0 saturated heterocycles. The fourth-order valence-electron chi connectivity index (χ4n) is 0.861. The molecule has 0 aliphatic heterocycles. The van der Waals surface area contributed by atoms with Crippen molar-refractivity contribution in [1.29, 1.82) is 0 Å². The van der Waals surface area contributed by atoms with Gasteiger partial charge in [0.2, 0.25) is 0 Å². The number of hydrogen-bond donors (Lipinski definition) is 2. The maximum atomic E-state index is 5.52. The lowest BCUT2D eigenvalue weighted by molar-refractivity contribution is 0.262. The summed E-state index contributed by atoms with van der Waals surface area (Å²) in [5.74, 6) is 0.636. The first-order valence-electron chi connectivity index (χ1n) is 4.38. The summed E-state index contributed by atoms with van der Waals surface area (Å²) in [4.78, 5) is 0. The molecular formula is C9H22N2. The van der Waals surface area contributed by atoms with E-state index >= 15 is 0 Å². The van der Waals surface area contributed by atoms with E-state index in [-0.39, 0.29) is 5.54 Å². The molecule has 0 aromatic heterocycles. The largest absolute Gasteiger partial charge is 0.329 e. The maximum absolute atomic E-state index is 5.52. The summed E-state index contributed by atoms with van der Waals surface area (Å²) in [6.07, 6.45) is 0. The van der Waals surface area contributed by atoms with E-state index in [4.69, 9.17) is 5.73 Å². The highest BCUT2D eigenvalue weighted by Crippen LogP contribution is 2.15. The summed E-state index contributed by atoms with van der Waals surface area (Å²) in [7, 11) is 0. The molecule has 3 N–H and O–H groups in total.